The second kappa shape index (κ2) is 7.72. The van der Waals surface area contributed by atoms with Gasteiger partial charge in [-0.25, -0.2) is 0 Å². The minimum Gasteiger partial charge on any atom is -0.481 e. The molecule has 4 nitrogen and oxygen atoms in total. The maximum atomic E-state index is 11.6. The van der Waals surface area contributed by atoms with Crippen molar-refractivity contribution in [1.29, 1.82) is 0 Å². The van der Waals surface area contributed by atoms with E-state index in [9.17, 15) is 5.11 Å². The highest BCUT2D eigenvalue weighted by Gasteiger charge is 2.51. The maximum Gasteiger partial charge on any atom is 0.148 e. The summed E-state index contributed by atoms with van der Waals surface area (Å²) >= 11 is 0. The molecule has 2 fully saturated rings. The number of aromatic nitrogens is 1. The van der Waals surface area contributed by atoms with Crippen molar-refractivity contribution in [3.05, 3.63) is 59.9 Å². The minimum atomic E-state index is -0.749. The number of pyridine rings is 1. The van der Waals surface area contributed by atoms with Crippen molar-refractivity contribution in [3.8, 4) is 18.1 Å². The first-order valence-electron chi connectivity index (χ1n) is 9.70. The monoisotopic (exact) mass is 362 g/mol. The van der Waals surface area contributed by atoms with Crippen molar-refractivity contribution in [3.63, 3.8) is 0 Å². The lowest BCUT2D eigenvalue weighted by molar-refractivity contribution is -0.148. The molecule has 4 heteroatoms. The van der Waals surface area contributed by atoms with Crippen molar-refractivity contribution in [2.24, 2.45) is 11.8 Å². The van der Waals surface area contributed by atoms with E-state index in [2.05, 4.69) is 27.9 Å². The number of likely N-dealkylation sites (tertiary alicyclic amines) is 1. The Morgan fingerprint density at radius 1 is 1.22 bits per heavy atom. The maximum absolute atomic E-state index is 11.6. The number of aliphatic hydroxyl groups is 1. The molecule has 4 rings (SSSR count). The zero-order chi connectivity index (χ0) is 18.7. The van der Waals surface area contributed by atoms with Gasteiger partial charge >= 0.3 is 0 Å². The Hall–Kier alpha value is -2.35. The van der Waals surface area contributed by atoms with Crippen LogP contribution < -0.4 is 4.74 Å². The first-order chi connectivity index (χ1) is 13.2. The smallest absolute Gasteiger partial charge is 0.148 e. The fraction of sp³-hybridized carbons (Fsp3) is 0.435. The molecule has 2 bridgehead atoms. The van der Waals surface area contributed by atoms with E-state index in [4.69, 9.17) is 11.2 Å². The molecule has 0 spiro atoms. The van der Waals surface area contributed by atoms with Crippen LogP contribution in [0.25, 0.3) is 0 Å². The lowest BCUT2D eigenvalue weighted by atomic mass is 9.63. The lowest BCUT2D eigenvalue weighted by Crippen LogP contribution is -2.57. The SMILES string of the molecule is C#CCOc1cccc(CN2C[C@H]3CCC[C@@H](C2)C3(O)c2cccnc2)c1. The van der Waals surface area contributed by atoms with E-state index in [0.717, 1.165) is 43.8 Å². The minimum absolute atomic E-state index is 0.245. The lowest BCUT2D eigenvalue weighted by Gasteiger charge is -2.53. The standard InChI is InChI=1S/C23H26N2O2/c1-2-12-27-22-10-3-6-18(13-22)15-25-16-20-7-4-8-21(17-25)23(20,26)19-9-5-11-24-14-19/h1,3,5-6,9-11,13-14,20-21,26H,4,7-8,12,15-17H2/t20-,21+,23?. The first-order valence-corrected chi connectivity index (χ1v) is 9.70. The van der Waals surface area contributed by atoms with Crippen molar-refractivity contribution in [2.45, 2.75) is 31.4 Å². The Morgan fingerprint density at radius 3 is 2.74 bits per heavy atom. The molecule has 1 saturated heterocycles. The summed E-state index contributed by atoms with van der Waals surface area (Å²) in [7, 11) is 0. The number of nitrogens with zero attached hydrogens (tertiary/aromatic N) is 2. The van der Waals surface area contributed by atoms with Gasteiger partial charge in [-0.2, -0.15) is 0 Å². The van der Waals surface area contributed by atoms with Gasteiger partial charge < -0.3 is 9.84 Å². The summed E-state index contributed by atoms with van der Waals surface area (Å²) in [5.41, 5.74) is 1.44. The van der Waals surface area contributed by atoms with E-state index in [1.807, 2.05) is 30.5 Å². The molecule has 2 heterocycles. The van der Waals surface area contributed by atoms with Gasteiger partial charge in [0, 0.05) is 49.4 Å². The van der Waals surface area contributed by atoms with Crippen LogP contribution >= 0.6 is 0 Å². The summed E-state index contributed by atoms with van der Waals surface area (Å²) in [6.45, 7) is 2.95. The third-order valence-corrected chi connectivity index (χ3v) is 6.06. The van der Waals surface area contributed by atoms with Gasteiger partial charge in [0.2, 0.25) is 0 Å². The van der Waals surface area contributed by atoms with Crippen LogP contribution in [0.2, 0.25) is 0 Å². The van der Waals surface area contributed by atoms with Crippen LogP contribution in [0, 0.1) is 24.2 Å². The van der Waals surface area contributed by atoms with E-state index < -0.39 is 5.60 Å². The van der Waals surface area contributed by atoms with Gasteiger partial charge in [-0.1, -0.05) is 30.5 Å². The van der Waals surface area contributed by atoms with E-state index in [0.29, 0.717) is 0 Å². The summed E-state index contributed by atoms with van der Waals surface area (Å²) in [5, 5.41) is 11.6. The van der Waals surface area contributed by atoms with Crippen molar-refractivity contribution in [2.75, 3.05) is 19.7 Å². The number of fused-ring (bicyclic) bond motifs is 2. The van der Waals surface area contributed by atoms with Crippen LogP contribution in [0.15, 0.2) is 48.8 Å². The van der Waals surface area contributed by atoms with Crippen LogP contribution in [-0.4, -0.2) is 34.7 Å². The molecule has 2 aliphatic rings. The molecule has 1 unspecified atom stereocenters. The fourth-order valence-electron chi connectivity index (χ4n) is 4.86. The normalized spacial score (nSPS) is 27.7. The van der Waals surface area contributed by atoms with Gasteiger partial charge in [0.15, 0.2) is 0 Å². The number of ether oxygens (including phenoxy) is 1. The van der Waals surface area contributed by atoms with E-state index in [-0.39, 0.29) is 18.4 Å². The quantitative estimate of drug-likeness (QED) is 0.830. The van der Waals surface area contributed by atoms with E-state index >= 15 is 0 Å². The molecule has 1 aliphatic heterocycles. The molecule has 1 N–H and O–H groups in total. The Kier molecular flexibility index (Phi) is 5.15. The van der Waals surface area contributed by atoms with Crippen molar-refractivity contribution in [1.82, 2.24) is 9.88 Å². The molecular formula is C23H26N2O2. The number of piperidine rings is 1. The van der Waals surface area contributed by atoms with Crippen LogP contribution in [0.1, 0.15) is 30.4 Å². The zero-order valence-electron chi connectivity index (χ0n) is 15.6. The summed E-state index contributed by atoms with van der Waals surface area (Å²) in [6.07, 6.45) is 12.2. The first kappa shape index (κ1) is 18.0. The summed E-state index contributed by atoms with van der Waals surface area (Å²) < 4.78 is 5.55. The largest absolute Gasteiger partial charge is 0.481 e. The molecule has 2 aromatic rings. The van der Waals surface area contributed by atoms with Crippen LogP contribution in [0.3, 0.4) is 0 Å². The Bertz CT molecular complexity index is 801. The Balaban J connectivity index is 1.50. The molecule has 1 saturated carbocycles. The van der Waals surface area contributed by atoms with E-state index in [1.54, 1.807) is 6.20 Å². The van der Waals surface area contributed by atoms with Crippen LogP contribution in [-0.2, 0) is 12.1 Å². The number of hydrogen-bond donors (Lipinski definition) is 1. The van der Waals surface area contributed by atoms with Gasteiger partial charge in [0.05, 0.1) is 5.60 Å². The molecule has 1 aromatic carbocycles. The average Bonchev–Trinajstić information content (AvgIpc) is 2.68. The predicted octanol–water partition coefficient (Wildman–Crippen LogP) is 3.21. The van der Waals surface area contributed by atoms with Gasteiger partial charge in [0.1, 0.15) is 12.4 Å². The van der Waals surface area contributed by atoms with Gasteiger partial charge in [-0.3, -0.25) is 9.88 Å². The number of rotatable bonds is 5. The number of terminal acetylenes is 1. The molecule has 0 amide bonds. The van der Waals surface area contributed by atoms with Crippen molar-refractivity contribution >= 4 is 0 Å². The summed E-state index contributed by atoms with van der Waals surface area (Å²) in [6, 6.07) is 12.1. The average molecular weight is 362 g/mol. The van der Waals surface area contributed by atoms with Crippen LogP contribution in [0.5, 0.6) is 5.75 Å². The molecule has 3 atom stereocenters. The molecule has 0 radical (unpaired) electrons. The Labute approximate surface area is 161 Å². The van der Waals surface area contributed by atoms with Crippen LogP contribution in [0.4, 0.5) is 0 Å². The fourth-order valence-corrected chi connectivity index (χ4v) is 4.86. The van der Waals surface area contributed by atoms with Gasteiger partial charge in [-0.05, 0) is 36.6 Å². The second-order valence-corrected chi connectivity index (χ2v) is 7.73. The predicted molar refractivity (Wildman–Crippen MR) is 105 cm³/mol. The second-order valence-electron chi connectivity index (χ2n) is 7.73. The number of benzene rings is 1. The molecule has 1 aromatic heterocycles. The highest BCUT2D eigenvalue weighted by Crippen LogP contribution is 2.49. The summed E-state index contributed by atoms with van der Waals surface area (Å²) in [4.78, 5) is 6.72. The Morgan fingerprint density at radius 2 is 2.04 bits per heavy atom. The van der Waals surface area contributed by atoms with Crippen molar-refractivity contribution < 1.29 is 9.84 Å². The molecule has 140 valence electrons. The molecule has 1 aliphatic carbocycles. The highest BCUT2D eigenvalue weighted by atomic mass is 16.5. The summed E-state index contributed by atoms with van der Waals surface area (Å²) in [5.74, 6) is 3.81. The van der Waals surface area contributed by atoms with Gasteiger partial charge in [0.25, 0.3) is 0 Å². The zero-order valence-corrected chi connectivity index (χ0v) is 15.6. The topological polar surface area (TPSA) is 45.6 Å². The van der Waals surface area contributed by atoms with Gasteiger partial charge in [-0.15, -0.1) is 6.42 Å². The highest BCUT2D eigenvalue weighted by molar-refractivity contribution is 5.29. The third kappa shape index (κ3) is 3.58. The molecule has 27 heavy (non-hydrogen) atoms. The molecular weight excluding hydrogens is 336 g/mol. The third-order valence-electron chi connectivity index (χ3n) is 6.06. The van der Waals surface area contributed by atoms with E-state index in [1.165, 1.54) is 12.0 Å². The number of hydrogen-bond acceptors (Lipinski definition) is 4.